The maximum atomic E-state index is 13.8. The van der Waals surface area contributed by atoms with Crippen molar-refractivity contribution in [2.75, 3.05) is 0 Å². The summed E-state index contributed by atoms with van der Waals surface area (Å²) in [7, 11) is 0. The molecule has 0 fully saturated rings. The van der Waals surface area contributed by atoms with Gasteiger partial charge in [-0.1, -0.05) is 38.5 Å². The highest BCUT2D eigenvalue weighted by atomic mass is 79.9. The van der Waals surface area contributed by atoms with Gasteiger partial charge in [-0.3, -0.25) is 0 Å². The van der Waals surface area contributed by atoms with Gasteiger partial charge in [0.15, 0.2) is 5.82 Å². The number of hydrogen-bond acceptors (Lipinski definition) is 2. The van der Waals surface area contributed by atoms with Crippen LogP contribution in [0.5, 0.6) is 11.6 Å². The third kappa shape index (κ3) is 3.37. The first-order valence-electron chi connectivity index (χ1n) is 6.37. The number of aromatic nitrogens is 1. The van der Waals surface area contributed by atoms with E-state index in [1.807, 2.05) is 19.1 Å². The average Bonchev–Trinajstić information content (AvgIpc) is 2.33. The van der Waals surface area contributed by atoms with E-state index in [4.69, 9.17) is 4.74 Å². The summed E-state index contributed by atoms with van der Waals surface area (Å²) < 4.78 is 20.1. The predicted octanol–water partition coefficient (Wildman–Crippen LogP) is 5.38. The summed E-state index contributed by atoms with van der Waals surface area (Å²) in [4.78, 5) is 3.97. The smallest absolute Gasteiger partial charge is 0.255 e. The lowest BCUT2D eigenvalue weighted by atomic mass is 9.85. The molecule has 0 radical (unpaired) electrons. The lowest BCUT2D eigenvalue weighted by molar-refractivity contribution is 0.407. The van der Waals surface area contributed by atoms with Gasteiger partial charge < -0.3 is 4.74 Å². The minimum atomic E-state index is -0.486. The molecule has 106 valence electrons. The second kappa shape index (κ2) is 5.52. The quantitative estimate of drug-likeness (QED) is 0.733. The molecule has 2 nitrogen and oxygen atoms in total. The summed E-state index contributed by atoms with van der Waals surface area (Å²) >= 11 is 3.18. The summed E-state index contributed by atoms with van der Waals surface area (Å²) in [6.45, 7) is 8.32. The van der Waals surface area contributed by atoms with E-state index in [0.29, 0.717) is 10.2 Å². The van der Waals surface area contributed by atoms with Crippen molar-refractivity contribution in [3.05, 3.63) is 51.9 Å². The van der Waals surface area contributed by atoms with Gasteiger partial charge in [-0.25, -0.2) is 9.37 Å². The highest BCUT2D eigenvalue weighted by molar-refractivity contribution is 9.10. The molecule has 0 saturated heterocycles. The maximum absolute atomic E-state index is 13.8. The highest BCUT2D eigenvalue weighted by Crippen LogP contribution is 2.35. The van der Waals surface area contributed by atoms with Gasteiger partial charge in [0.25, 0.3) is 5.88 Å². The van der Waals surface area contributed by atoms with Gasteiger partial charge in [0.05, 0.1) is 0 Å². The van der Waals surface area contributed by atoms with Crippen molar-refractivity contribution in [3.63, 3.8) is 0 Å². The van der Waals surface area contributed by atoms with Gasteiger partial charge in [-0.2, -0.15) is 0 Å². The van der Waals surface area contributed by atoms with Crippen LogP contribution in [0, 0.1) is 12.7 Å². The van der Waals surface area contributed by atoms with Crippen LogP contribution in [0.25, 0.3) is 0 Å². The fourth-order valence-corrected chi connectivity index (χ4v) is 2.20. The van der Waals surface area contributed by atoms with E-state index in [0.717, 1.165) is 11.1 Å². The molecular weight excluding hydrogens is 321 g/mol. The van der Waals surface area contributed by atoms with Gasteiger partial charge in [-0.05, 0) is 40.4 Å². The zero-order valence-electron chi connectivity index (χ0n) is 12.0. The zero-order valence-corrected chi connectivity index (χ0v) is 13.6. The van der Waals surface area contributed by atoms with Crippen molar-refractivity contribution in [1.82, 2.24) is 4.98 Å². The Bertz CT molecular complexity index is 635. The molecule has 0 spiro atoms. The van der Waals surface area contributed by atoms with Crippen LogP contribution < -0.4 is 4.74 Å². The Morgan fingerprint density at radius 1 is 1.20 bits per heavy atom. The van der Waals surface area contributed by atoms with Crippen LogP contribution in [0.15, 0.2) is 34.9 Å². The number of pyridine rings is 1. The van der Waals surface area contributed by atoms with Crippen LogP contribution >= 0.6 is 15.9 Å². The predicted molar refractivity (Wildman–Crippen MR) is 81.8 cm³/mol. The Balaban J connectivity index is 2.43. The molecule has 0 amide bonds. The van der Waals surface area contributed by atoms with E-state index in [2.05, 4.69) is 47.8 Å². The van der Waals surface area contributed by atoms with Crippen LogP contribution in [-0.4, -0.2) is 4.98 Å². The Morgan fingerprint density at radius 2 is 1.90 bits per heavy atom. The number of halogens is 2. The van der Waals surface area contributed by atoms with Crippen LogP contribution in [0.4, 0.5) is 4.39 Å². The Morgan fingerprint density at radius 3 is 2.50 bits per heavy atom. The molecule has 1 aromatic heterocycles. The second-order valence-electron chi connectivity index (χ2n) is 5.79. The molecule has 20 heavy (non-hydrogen) atoms. The van der Waals surface area contributed by atoms with Crippen LogP contribution in [0.3, 0.4) is 0 Å². The molecule has 0 N–H and O–H groups in total. The second-order valence-corrected chi connectivity index (χ2v) is 6.71. The molecule has 4 heteroatoms. The summed E-state index contributed by atoms with van der Waals surface area (Å²) in [6.07, 6.45) is 1.52. The van der Waals surface area contributed by atoms with E-state index in [1.165, 1.54) is 12.3 Å². The van der Waals surface area contributed by atoms with Crippen molar-refractivity contribution >= 4 is 15.9 Å². The molecule has 0 unspecified atom stereocenters. The van der Waals surface area contributed by atoms with Crippen LogP contribution in [0.2, 0.25) is 0 Å². The standard InChI is InChI=1S/C16H17BrFNO/c1-10-5-6-14(12(7-10)16(2,3)4)20-15-13(18)8-11(17)9-19-15/h5-9H,1-4H3. The molecule has 1 aromatic carbocycles. The van der Waals surface area contributed by atoms with E-state index in [9.17, 15) is 4.39 Å². The third-order valence-electron chi connectivity index (χ3n) is 2.92. The number of benzene rings is 1. The van der Waals surface area contributed by atoms with Gasteiger partial charge in [0, 0.05) is 16.2 Å². The fraction of sp³-hybridized carbons (Fsp3) is 0.312. The van der Waals surface area contributed by atoms with Crippen molar-refractivity contribution in [2.45, 2.75) is 33.1 Å². The zero-order chi connectivity index (χ0) is 14.9. The minimum absolute atomic E-state index is 0.0115. The van der Waals surface area contributed by atoms with Crippen LogP contribution in [0.1, 0.15) is 31.9 Å². The van der Waals surface area contributed by atoms with E-state index in [-0.39, 0.29) is 11.3 Å². The van der Waals surface area contributed by atoms with Crippen molar-refractivity contribution < 1.29 is 9.13 Å². The van der Waals surface area contributed by atoms with Gasteiger partial charge in [-0.15, -0.1) is 0 Å². The molecule has 2 aromatic rings. The molecule has 0 saturated carbocycles. The Kier molecular flexibility index (Phi) is 4.14. The SMILES string of the molecule is Cc1ccc(Oc2ncc(Br)cc2F)c(C(C)(C)C)c1. The number of aryl methyl sites for hydroxylation is 1. The number of ether oxygens (including phenoxy) is 1. The van der Waals surface area contributed by atoms with Crippen molar-refractivity contribution in [3.8, 4) is 11.6 Å². The molecular formula is C16H17BrFNO. The monoisotopic (exact) mass is 337 g/mol. The normalized spacial score (nSPS) is 11.5. The average molecular weight is 338 g/mol. The van der Waals surface area contributed by atoms with E-state index in [1.54, 1.807) is 0 Å². The fourth-order valence-electron chi connectivity index (χ4n) is 1.90. The summed E-state index contributed by atoms with van der Waals surface area (Å²) in [6, 6.07) is 7.21. The topological polar surface area (TPSA) is 22.1 Å². The molecule has 0 aliphatic heterocycles. The highest BCUT2D eigenvalue weighted by Gasteiger charge is 2.20. The molecule has 2 rings (SSSR count). The van der Waals surface area contributed by atoms with Gasteiger partial charge >= 0.3 is 0 Å². The number of hydrogen-bond donors (Lipinski definition) is 0. The Hall–Kier alpha value is -1.42. The summed E-state index contributed by atoms with van der Waals surface area (Å²) in [5, 5.41) is 0. The number of rotatable bonds is 2. The van der Waals surface area contributed by atoms with E-state index >= 15 is 0 Å². The van der Waals surface area contributed by atoms with Crippen LogP contribution in [-0.2, 0) is 5.41 Å². The van der Waals surface area contributed by atoms with Crippen molar-refractivity contribution in [2.24, 2.45) is 0 Å². The summed E-state index contributed by atoms with van der Waals surface area (Å²) in [5.74, 6) is 0.138. The minimum Gasteiger partial charge on any atom is -0.436 e. The van der Waals surface area contributed by atoms with E-state index < -0.39 is 5.82 Å². The Labute approximate surface area is 127 Å². The first-order chi connectivity index (χ1) is 9.27. The largest absolute Gasteiger partial charge is 0.436 e. The van der Waals surface area contributed by atoms with Gasteiger partial charge in [0.1, 0.15) is 5.75 Å². The molecule has 0 bridgehead atoms. The molecule has 0 aliphatic rings. The summed E-state index contributed by atoms with van der Waals surface area (Å²) in [5.41, 5.74) is 2.08. The van der Waals surface area contributed by atoms with Gasteiger partial charge in [0.2, 0.25) is 0 Å². The maximum Gasteiger partial charge on any atom is 0.255 e. The first kappa shape index (κ1) is 15.0. The molecule has 0 aliphatic carbocycles. The molecule has 0 atom stereocenters. The molecule has 1 heterocycles. The first-order valence-corrected chi connectivity index (χ1v) is 7.17. The number of nitrogens with zero attached hydrogens (tertiary/aromatic N) is 1. The third-order valence-corrected chi connectivity index (χ3v) is 3.36. The lowest BCUT2D eigenvalue weighted by Crippen LogP contribution is -2.13. The van der Waals surface area contributed by atoms with Crippen molar-refractivity contribution in [1.29, 1.82) is 0 Å². The lowest BCUT2D eigenvalue weighted by Gasteiger charge is -2.23.